The van der Waals surface area contributed by atoms with Crippen molar-refractivity contribution in [3.63, 3.8) is 0 Å². The minimum absolute atomic E-state index is 0.825. The minimum atomic E-state index is 0.825. The molecule has 1 rings (SSSR count). The van der Waals surface area contributed by atoms with Crippen LogP contribution in [0.5, 0.6) is 0 Å². The largest absolute Gasteiger partial charge is 0.0896 e. The summed E-state index contributed by atoms with van der Waals surface area (Å²) in [7, 11) is 7.99. The minimum Gasteiger partial charge on any atom is -0.0709 e. The zero-order valence-electron chi connectivity index (χ0n) is 5.49. The lowest BCUT2D eigenvalue weighted by molar-refractivity contribution is 1.69. The number of thiocarbonyl (C=S) groups is 1. The number of hydrogen-bond acceptors (Lipinski definition) is 3. The van der Waals surface area contributed by atoms with E-state index in [9.17, 15) is 0 Å². The molecule has 0 bridgehead atoms. The van der Waals surface area contributed by atoms with Crippen LogP contribution in [0.2, 0.25) is 0 Å². The van der Waals surface area contributed by atoms with E-state index in [1.54, 1.807) is 0 Å². The van der Waals surface area contributed by atoms with Crippen LogP contribution in [0.3, 0.4) is 0 Å². The monoisotopic (exact) mass is 220 g/mol. The molecule has 0 nitrogen and oxygen atoms in total. The highest BCUT2D eigenvalue weighted by molar-refractivity contribution is 8.91. The summed E-state index contributed by atoms with van der Waals surface area (Å²) < 4.78 is 0.825. The summed E-state index contributed by atoms with van der Waals surface area (Å²) in [4.78, 5) is 0. The first-order valence-electron chi connectivity index (χ1n) is 2.89. The predicted molar refractivity (Wildman–Crippen MR) is 59.2 cm³/mol. The molecule has 0 amide bonds. The summed E-state index contributed by atoms with van der Waals surface area (Å²) >= 11 is 5.08. The Morgan fingerprint density at radius 3 is 2.45 bits per heavy atom. The highest BCUT2D eigenvalue weighted by Crippen LogP contribution is 2.29. The maximum atomic E-state index is 5.44. The van der Waals surface area contributed by atoms with Gasteiger partial charge in [0.25, 0.3) is 0 Å². The van der Waals surface area contributed by atoms with Gasteiger partial charge in [-0.1, -0.05) is 42.5 Å². The van der Waals surface area contributed by atoms with Gasteiger partial charge in [0.05, 0.1) is 4.20 Å². The Labute approximate surface area is 83.6 Å². The molecule has 0 aliphatic carbocycles. The number of rotatable bonds is 2. The van der Waals surface area contributed by atoms with Gasteiger partial charge in [0.2, 0.25) is 0 Å². The molecule has 0 saturated heterocycles. The molecule has 0 heterocycles. The molecule has 0 aliphatic heterocycles. The second kappa shape index (κ2) is 5.04. The molecular weight excluding hydrogens is 216 g/mol. The molecule has 58 valence electrons. The Bertz CT molecular complexity index is 235. The van der Waals surface area contributed by atoms with Crippen LogP contribution in [0.1, 0.15) is 5.56 Å². The summed E-state index contributed by atoms with van der Waals surface area (Å²) in [5.41, 5.74) is 1.06. The highest BCUT2D eigenvalue weighted by Gasteiger charge is 1.99. The Hall–Kier alpha value is 0.300. The first-order valence-corrected chi connectivity index (χ1v) is 6.27. The molecule has 0 fully saturated rings. The SMILES string of the molecule is S=C(SSCl)c1ccccc1. The second-order valence-electron chi connectivity index (χ2n) is 1.80. The quantitative estimate of drug-likeness (QED) is 0.548. The highest BCUT2D eigenvalue weighted by atomic mass is 35.7. The van der Waals surface area contributed by atoms with Gasteiger partial charge >= 0.3 is 0 Å². The van der Waals surface area contributed by atoms with Crippen LogP contribution in [0, 0.1) is 0 Å². The van der Waals surface area contributed by atoms with E-state index in [-0.39, 0.29) is 0 Å². The average molecular weight is 221 g/mol. The number of halogens is 1. The van der Waals surface area contributed by atoms with Gasteiger partial charge in [0.15, 0.2) is 0 Å². The summed E-state index contributed by atoms with van der Waals surface area (Å²) in [6.07, 6.45) is 0. The maximum Gasteiger partial charge on any atom is 0.0896 e. The topological polar surface area (TPSA) is 0 Å². The van der Waals surface area contributed by atoms with Gasteiger partial charge in [-0.15, -0.1) is 0 Å². The van der Waals surface area contributed by atoms with Gasteiger partial charge in [-0.3, -0.25) is 0 Å². The van der Waals surface area contributed by atoms with Crippen LogP contribution < -0.4 is 0 Å². The van der Waals surface area contributed by atoms with E-state index >= 15 is 0 Å². The van der Waals surface area contributed by atoms with E-state index in [2.05, 4.69) is 0 Å². The lowest BCUT2D eigenvalue weighted by Crippen LogP contribution is -1.86. The van der Waals surface area contributed by atoms with E-state index < -0.39 is 0 Å². The summed E-state index contributed by atoms with van der Waals surface area (Å²) in [5.74, 6) is 0. The fourth-order valence-corrected chi connectivity index (χ4v) is 2.75. The van der Waals surface area contributed by atoms with Gasteiger partial charge in [-0.2, -0.15) is 0 Å². The molecule has 4 heteroatoms. The fraction of sp³-hybridized carbons (Fsp3) is 0. The van der Waals surface area contributed by atoms with Gasteiger partial charge < -0.3 is 0 Å². The summed E-state index contributed by atoms with van der Waals surface area (Å²) in [6, 6.07) is 9.83. The lowest BCUT2D eigenvalue weighted by Gasteiger charge is -1.97. The van der Waals surface area contributed by atoms with Crippen molar-refractivity contribution in [3.8, 4) is 0 Å². The van der Waals surface area contributed by atoms with E-state index in [0.717, 1.165) is 19.8 Å². The van der Waals surface area contributed by atoms with Crippen molar-refractivity contribution in [1.29, 1.82) is 0 Å². The van der Waals surface area contributed by atoms with Gasteiger partial charge in [0.1, 0.15) is 0 Å². The molecule has 0 atom stereocenters. The van der Waals surface area contributed by atoms with Crippen molar-refractivity contribution in [2.75, 3.05) is 0 Å². The molecule has 0 radical (unpaired) electrons. The third-order valence-corrected chi connectivity index (χ3v) is 3.62. The zero-order valence-corrected chi connectivity index (χ0v) is 8.69. The van der Waals surface area contributed by atoms with Crippen LogP contribution in [-0.2, 0) is 0 Å². The van der Waals surface area contributed by atoms with Crippen molar-refractivity contribution in [1.82, 2.24) is 0 Å². The molecule has 0 aliphatic rings. The molecule has 0 spiro atoms. The van der Waals surface area contributed by atoms with Crippen LogP contribution in [0.25, 0.3) is 0 Å². The molecule has 1 aromatic rings. The van der Waals surface area contributed by atoms with Crippen molar-refractivity contribution < 1.29 is 0 Å². The normalized spacial score (nSPS) is 9.55. The van der Waals surface area contributed by atoms with Crippen molar-refractivity contribution in [3.05, 3.63) is 35.9 Å². The first kappa shape index (κ1) is 9.39. The first-order chi connectivity index (χ1) is 5.34. The zero-order chi connectivity index (χ0) is 8.10. The Balaban J connectivity index is 2.69. The van der Waals surface area contributed by atoms with Crippen molar-refractivity contribution in [2.24, 2.45) is 0 Å². The molecule has 0 N–H and O–H groups in total. The standard InChI is InChI=1S/C7H5ClS3/c8-11-10-7(9)6-4-2-1-3-5-6/h1-5H. The van der Waals surface area contributed by atoms with Gasteiger partial charge in [-0.05, 0) is 27.0 Å². The van der Waals surface area contributed by atoms with Crippen LogP contribution >= 0.6 is 43.7 Å². The average Bonchev–Trinajstić information content (AvgIpc) is 2.07. The van der Waals surface area contributed by atoms with Crippen LogP contribution in [0.15, 0.2) is 30.3 Å². The van der Waals surface area contributed by atoms with E-state index in [1.807, 2.05) is 30.3 Å². The van der Waals surface area contributed by atoms with E-state index in [0.29, 0.717) is 0 Å². The van der Waals surface area contributed by atoms with Crippen molar-refractivity contribution >= 4 is 47.9 Å². The van der Waals surface area contributed by atoms with E-state index in [4.69, 9.17) is 22.9 Å². The number of benzene rings is 1. The molecule has 0 unspecified atom stereocenters. The van der Waals surface area contributed by atoms with E-state index in [1.165, 1.54) is 10.8 Å². The molecule has 0 aromatic heterocycles. The molecule has 11 heavy (non-hydrogen) atoms. The molecular formula is C7H5ClS3. The van der Waals surface area contributed by atoms with Gasteiger partial charge in [-0.25, -0.2) is 0 Å². The Morgan fingerprint density at radius 2 is 1.91 bits per heavy atom. The summed E-state index contributed by atoms with van der Waals surface area (Å²) in [6.45, 7) is 0. The fourth-order valence-electron chi connectivity index (χ4n) is 0.651. The lowest BCUT2D eigenvalue weighted by atomic mass is 10.2. The van der Waals surface area contributed by atoms with Crippen molar-refractivity contribution in [2.45, 2.75) is 0 Å². The number of hydrogen-bond donors (Lipinski definition) is 0. The third-order valence-electron chi connectivity index (χ3n) is 1.12. The smallest absolute Gasteiger partial charge is 0.0709 e. The Morgan fingerprint density at radius 1 is 1.27 bits per heavy atom. The predicted octanol–water partition coefficient (Wildman–Crippen LogP) is 3.90. The third kappa shape index (κ3) is 3.03. The molecule has 0 saturated carbocycles. The summed E-state index contributed by atoms with van der Waals surface area (Å²) in [5, 5.41) is 0. The molecule has 1 aromatic carbocycles. The Kier molecular flexibility index (Phi) is 4.30. The van der Waals surface area contributed by atoms with Crippen LogP contribution in [-0.4, -0.2) is 4.20 Å². The second-order valence-corrected chi connectivity index (χ2v) is 5.18. The maximum absolute atomic E-state index is 5.44. The van der Waals surface area contributed by atoms with Gasteiger partial charge in [0, 0.05) is 10.0 Å². The van der Waals surface area contributed by atoms with Crippen LogP contribution in [0.4, 0.5) is 0 Å².